The number of carboxylic acid groups (broad SMARTS) is 1. The molecule has 1 rings (SSSR count). The monoisotopic (exact) mass is 201 g/mol. The third-order valence-corrected chi connectivity index (χ3v) is 2.97. The molecule has 0 aromatic rings. The van der Waals surface area contributed by atoms with Gasteiger partial charge in [-0.2, -0.15) is 0 Å². The van der Waals surface area contributed by atoms with Gasteiger partial charge in [-0.1, -0.05) is 6.42 Å². The molecule has 0 aromatic carbocycles. The van der Waals surface area contributed by atoms with Crippen molar-refractivity contribution in [1.29, 1.82) is 0 Å². The highest BCUT2D eigenvalue weighted by molar-refractivity contribution is 5.75. The number of hydrogen-bond donors (Lipinski definition) is 2. The average molecular weight is 201 g/mol. The van der Waals surface area contributed by atoms with Gasteiger partial charge < -0.3 is 15.1 Å². The van der Waals surface area contributed by atoms with Crippen LogP contribution in [0, 0.1) is 5.41 Å². The maximum absolute atomic E-state index is 11.0. The van der Waals surface area contributed by atoms with Crippen LogP contribution in [0.5, 0.6) is 0 Å². The molecule has 0 spiro atoms. The Balaban J connectivity index is 2.44. The van der Waals surface area contributed by atoms with Gasteiger partial charge in [-0.25, -0.2) is 0 Å². The number of carbonyl (C=O) groups is 1. The van der Waals surface area contributed by atoms with Crippen molar-refractivity contribution in [3.05, 3.63) is 0 Å². The summed E-state index contributed by atoms with van der Waals surface area (Å²) in [5, 5.41) is 18.7. The second-order valence-electron chi connectivity index (χ2n) is 4.56. The summed E-state index contributed by atoms with van der Waals surface area (Å²) < 4.78 is 0. The van der Waals surface area contributed by atoms with E-state index in [1.54, 1.807) is 0 Å². The summed E-state index contributed by atoms with van der Waals surface area (Å²) in [6, 6.07) is 0. The Hall–Kier alpha value is -0.610. The van der Waals surface area contributed by atoms with Gasteiger partial charge in [0.2, 0.25) is 0 Å². The molecular formula is C10H19NO3. The van der Waals surface area contributed by atoms with Crippen LogP contribution in [0.25, 0.3) is 0 Å². The van der Waals surface area contributed by atoms with Crippen molar-refractivity contribution in [3.8, 4) is 0 Å². The van der Waals surface area contributed by atoms with Gasteiger partial charge in [0.15, 0.2) is 0 Å². The number of nitrogens with zero attached hydrogens (tertiary/aromatic N) is 1. The first-order valence-electron chi connectivity index (χ1n) is 5.02. The quantitative estimate of drug-likeness (QED) is 0.682. The number of rotatable bonds is 5. The highest BCUT2D eigenvalue weighted by Gasteiger charge is 2.45. The van der Waals surface area contributed by atoms with E-state index in [2.05, 4.69) is 0 Å². The van der Waals surface area contributed by atoms with Gasteiger partial charge in [0.1, 0.15) is 0 Å². The number of aliphatic carboxylic acids is 1. The van der Waals surface area contributed by atoms with Crippen molar-refractivity contribution >= 4 is 5.97 Å². The van der Waals surface area contributed by atoms with Gasteiger partial charge in [0.05, 0.1) is 11.5 Å². The fourth-order valence-electron chi connectivity index (χ4n) is 2.05. The van der Waals surface area contributed by atoms with Crippen LogP contribution in [0.3, 0.4) is 0 Å². The van der Waals surface area contributed by atoms with Gasteiger partial charge in [0.25, 0.3) is 0 Å². The highest BCUT2D eigenvalue weighted by Crippen LogP contribution is 2.44. The minimum absolute atomic E-state index is 0.389. The molecule has 0 bridgehead atoms. The SMILES string of the molecule is CN(C)C[C@H](O)CC1(C(=O)O)CCC1. The van der Waals surface area contributed by atoms with Crippen LogP contribution >= 0.6 is 0 Å². The molecule has 0 unspecified atom stereocenters. The third-order valence-electron chi connectivity index (χ3n) is 2.97. The molecule has 0 aromatic heterocycles. The molecule has 14 heavy (non-hydrogen) atoms. The lowest BCUT2D eigenvalue weighted by molar-refractivity contribution is -0.157. The Morgan fingerprint density at radius 1 is 1.50 bits per heavy atom. The molecule has 0 radical (unpaired) electrons. The van der Waals surface area contributed by atoms with Crippen molar-refractivity contribution in [2.45, 2.75) is 31.8 Å². The van der Waals surface area contributed by atoms with E-state index in [1.165, 1.54) is 0 Å². The Kier molecular flexibility index (Phi) is 3.50. The first kappa shape index (κ1) is 11.5. The summed E-state index contributed by atoms with van der Waals surface area (Å²) in [4.78, 5) is 12.9. The molecule has 0 amide bonds. The van der Waals surface area contributed by atoms with Crippen molar-refractivity contribution in [2.24, 2.45) is 5.41 Å². The van der Waals surface area contributed by atoms with Crippen LogP contribution in [-0.2, 0) is 4.79 Å². The summed E-state index contributed by atoms with van der Waals surface area (Å²) in [5.41, 5.74) is -0.630. The van der Waals surface area contributed by atoms with Gasteiger partial charge in [-0.3, -0.25) is 4.79 Å². The van der Waals surface area contributed by atoms with E-state index in [1.807, 2.05) is 19.0 Å². The summed E-state index contributed by atoms with van der Waals surface area (Å²) in [6.07, 6.45) is 2.27. The van der Waals surface area contributed by atoms with E-state index in [0.717, 1.165) is 6.42 Å². The van der Waals surface area contributed by atoms with E-state index in [0.29, 0.717) is 25.8 Å². The van der Waals surface area contributed by atoms with E-state index >= 15 is 0 Å². The largest absolute Gasteiger partial charge is 0.481 e. The topological polar surface area (TPSA) is 60.8 Å². The van der Waals surface area contributed by atoms with E-state index in [9.17, 15) is 9.90 Å². The second kappa shape index (κ2) is 4.28. The lowest BCUT2D eigenvalue weighted by Gasteiger charge is -2.39. The van der Waals surface area contributed by atoms with Crippen LogP contribution in [-0.4, -0.2) is 47.8 Å². The van der Waals surface area contributed by atoms with Crippen LogP contribution in [0.2, 0.25) is 0 Å². The number of carboxylic acids is 1. The molecule has 1 atom stereocenters. The lowest BCUT2D eigenvalue weighted by Crippen LogP contribution is -2.42. The molecule has 0 aliphatic heterocycles. The normalized spacial score (nSPS) is 21.7. The maximum atomic E-state index is 11.0. The van der Waals surface area contributed by atoms with Crippen LogP contribution in [0.15, 0.2) is 0 Å². The molecule has 1 fully saturated rings. The second-order valence-corrected chi connectivity index (χ2v) is 4.56. The summed E-state index contributed by atoms with van der Waals surface area (Å²) in [5.74, 6) is -0.749. The molecule has 4 nitrogen and oxygen atoms in total. The van der Waals surface area contributed by atoms with Gasteiger partial charge in [0, 0.05) is 6.54 Å². The van der Waals surface area contributed by atoms with Gasteiger partial charge >= 0.3 is 5.97 Å². The smallest absolute Gasteiger partial charge is 0.309 e. The summed E-state index contributed by atoms with van der Waals surface area (Å²) in [6.45, 7) is 0.537. The van der Waals surface area contributed by atoms with Gasteiger partial charge in [-0.15, -0.1) is 0 Å². The van der Waals surface area contributed by atoms with Crippen LogP contribution in [0.1, 0.15) is 25.7 Å². The molecule has 0 heterocycles. The fourth-order valence-corrected chi connectivity index (χ4v) is 2.05. The minimum Gasteiger partial charge on any atom is -0.481 e. The lowest BCUT2D eigenvalue weighted by atomic mass is 9.65. The van der Waals surface area contributed by atoms with Crippen molar-refractivity contribution in [2.75, 3.05) is 20.6 Å². The third kappa shape index (κ3) is 2.45. The molecule has 1 aliphatic rings. The number of hydrogen-bond acceptors (Lipinski definition) is 3. The zero-order valence-corrected chi connectivity index (χ0v) is 8.86. The van der Waals surface area contributed by atoms with Crippen molar-refractivity contribution in [1.82, 2.24) is 4.90 Å². The molecule has 1 saturated carbocycles. The molecule has 2 N–H and O–H groups in total. The molecular weight excluding hydrogens is 182 g/mol. The van der Waals surface area contributed by atoms with Crippen LogP contribution in [0.4, 0.5) is 0 Å². The average Bonchev–Trinajstić information content (AvgIpc) is 1.94. The first-order valence-corrected chi connectivity index (χ1v) is 5.02. The number of aliphatic hydroxyl groups excluding tert-OH is 1. The maximum Gasteiger partial charge on any atom is 0.309 e. The molecule has 82 valence electrons. The molecule has 0 saturated heterocycles. The Labute approximate surface area is 84.5 Å². The fraction of sp³-hybridized carbons (Fsp3) is 0.900. The predicted molar refractivity (Wildman–Crippen MR) is 53.1 cm³/mol. The molecule has 1 aliphatic carbocycles. The highest BCUT2D eigenvalue weighted by atomic mass is 16.4. The number of aliphatic hydroxyl groups is 1. The Morgan fingerprint density at radius 2 is 2.07 bits per heavy atom. The summed E-state index contributed by atoms with van der Waals surface area (Å²) in [7, 11) is 3.74. The van der Waals surface area contributed by atoms with E-state index in [-0.39, 0.29) is 0 Å². The van der Waals surface area contributed by atoms with Crippen molar-refractivity contribution < 1.29 is 15.0 Å². The Bertz CT molecular complexity index is 211. The zero-order chi connectivity index (χ0) is 10.8. The van der Waals surface area contributed by atoms with E-state index in [4.69, 9.17) is 5.11 Å². The van der Waals surface area contributed by atoms with Crippen molar-refractivity contribution in [3.63, 3.8) is 0 Å². The predicted octanol–water partition coefficient (Wildman–Crippen LogP) is 0.554. The summed E-state index contributed by atoms with van der Waals surface area (Å²) >= 11 is 0. The first-order chi connectivity index (χ1) is 6.46. The minimum atomic E-state index is -0.749. The Morgan fingerprint density at radius 3 is 2.36 bits per heavy atom. The number of likely N-dealkylation sites (N-methyl/N-ethyl adjacent to an activating group) is 1. The molecule has 4 heteroatoms. The zero-order valence-electron chi connectivity index (χ0n) is 8.86. The van der Waals surface area contributed by atoms with Gasteiger partial charge in [-0.05, 0) is 33.4 Å². The van der Waals surface area contributed by atoms with E-state index < -0.39 is 17.5 Å². The van der Waals surface area contributed by atoms with Crippen LogP contribution < -0.4 is 0 Å². The standard InChI is InChI=1S/C10H19NO3/c1-11(2)7-8(12)6-10(9(13)14)4-3-5-10/h8,12H,3-7H2,1-2H3,(H,13,14)/t8-/m1/s1.